The van der Waals surface area contributed by atoms with Gasteiger partial charge in [0.1, 0.15) is 5.82 Å². The summed E-state index contributed by atoms with van der Waals surface area (Å²) in [5, 5.41) is 11.1. The number of rotatable bonds is 2. The van der Waals surface area contributed by atoms with E-state index < -0.39 is 4.92 Å². The van der Waals surface area contributed by atoms with Crippen LogP contribution >= 0.6 is 11.8 Å². The molecule has 15 heavy (non-hydrogen) atoms. The molecule has 0 radical (unpaired) electrons. The van der Waals surface area contributed by atoms with Gasteiger partial charge in [-0.1, -0.05) is 32.5 Å². The third kappa shape index (κ3) is 3.39. The fraction of sp³-hybridized carbons (Fsp3) is 0.444. The van der Waals surface area contributed by atoms with Crippen molar-refractivity contribution in [3.63, 3.8) is 0 Å². The van der Waals surface area contributed by atoms with Crippen molar-refractivity contribution in [3.8, 4) is 0 Å². The number of anilines is 1. The van der Waals surface area contributed by atoms with E-state index >= 15 is 0 Å². The molecule has 2 N–H and O–H groups in total. The van der Waals surface area contributed by atoms with Crippen LogP contribution in [0.25, 0.3) is 0 Å². The van der Waals surface area contributed by atoms with E-state index in [1.807, 2.05) is 20.8 Å². The van der Waals surface area contributed by atoms with Crippen LogP contribution in [0.2, 0.25) is 0 Å². The molecule has 1 rings (SSSR count). The Morgan fingerprint density at radius 3 is 2.53 bits per heavy atom. The van der Waals surface area contributed by atoms with E-state index in [0.29, 0.717) is 10.8 Å². The summed E-state index contributed by atoms with van der Waals surface area (Å²) < 4.78 is -0.133. The van der Waals surface area contributed by atoms with Crippen LogP contribution in [0, 0.1) is 10.1 Å². The van der Waals surface area contributed by atoms with E-state index in [1.165, 1.54) is 23.9 Å². The molecule has 0 amide bonds. The van der Waals surface area contributed by atoms with Crippen LogP contribution in [-0.2, 0) is 0 Å². The number of nitro groups is 1. The number of nitrogens with two attached hydrogens (primary N) is 1. The Morgan fingerprint density at radius 1 is 1.47 bits per heavy atom. The minimum absolute atomic E-state index is 0.00382. The lowest BCUT2D eigenvalue weighted by atomic mass is 10.3. The minimum Gasteiger partial charge on any atom is -0.384 e. The number of hydrogen-bond acceptors (Lipinski definition) is 5. The van der Waals surface area contributed by atoms with Gasteiger partial charge in [-0.3, -0.25) is 10.1 Å². The minimum atomic E-state index is -0.444. The Morgan fingerprint density at radius 2 is 2.07 bits per heavy atom. The fourth-order valence-corrected chi connectivity index (χ4v) is 1.93. The predicted molar refractivity (Wildman–Crippen MR) is 60.9 cm³/mol. The molecule has 0 saturated heterocycles. The van der Waals surface area contributed by atoms with Crippen molar-refractivity contribution >= 4 is 23.3 Å². The average Bonchev–Trinajstić information content (AvgIpc) is 1.99. The van der Waals surface area contributed by atoms with Crippen LogP contribution in [0.3, 0.4) is 0 Å². The van der Waals surface area contributed by atoms with Crippen LogP contribution in [0.5, 0.6) is 0 Å². The van der Waals surface area contributed by atoms with E-state index in [0.717, 1.165) is 0 Å². The summed E-state index contributed by atoms with van der Waals surface area (Å²) in [6, 6.07) is 2.82. The van der Waals surface area contributed by atoms with E-state index in [4.69, 9.17) is 5.73 Å². The summed E-state index contributed by atoms with van der Waals surface area (Å²) in [5.74, 6) is 0.298. The Labute approximate surface area is 92.2 Å². The first-order chi connectivity index (χ1) is 6.79. The maximum Gasteiger partial charge on any atom is 0.301 e. The molecule has 0 aromatic carbocycles. The quantitative estimate of drug-likeness (QED) is 0.476. The smallest absolute Gasteiger partial charge is 0.301 e. The van der Waals surface area contributed by atoms with E-state index in [2.05, 4.69) is 4.98 Å². The first kappa shape index (κ1) is 11.8. The molecular formula is C9H13N3O2S. The van der Waals surface area contributed by atoms with Crippen molar-refractivity contribution in [2.75, 3.05) is 5.73 Å². The normalized spacial score (nSPS) is 11.4. The van der Waals surface area contributed by atoms with Gasteiger partial charge in [0.25, 0.3) is 0 Å². The van der Waals surface area contributed by atoms with Gasteiger partial charge >= 0.3 is 5.69 Å². The lowest BCUT2D eigenvalue weighted by Crippen LogP contribution is -2.09. The third-order valence-corrected chi connectivity index (χ3v) is 2.57. The molecule has 1 aromatic rings. The number of aromatic nitrogens is 1. The standard InChI is InChI=1S/C9H13N3O2S/c1-9(2,3)15-8-6(12(13)14)4-5-7(10)11-8/h4-5H,1-3H3,(H2,10,11). The van der Waals surface area contributed by atoms with Crippen molar-refractivity contribution in [2.24, 2.45) is 0 Å². The average molecular weight is 227 g/mol. The Hall–Kier alpha value is -1.30. The summed E-state index contributed by atoms with van der Waals surface area (Å²) >= 11 is 1.34. The molecule has 5 nitrogen and oxygen atoms in total. The second kappa shape index (κ2) is 4.06. The maximum atomic E-state index is 10.7. The van der Waals surface area contributed by atoms with Gasteiger partial charge in [-0.25, -0.2) is 4.98 Å². The molecule has 0 atom stereocenters. The van der Waals surface area contributed by atoms with E-state index in [1.54, 1.807) is 0 Å². The van der Waals surface area contributed by atoms with Gasteiger partial charge in [0.05, 0.1) is 4.92 Å². The summed E-state index contributed by atoms with van der Waals surface area (Å²) in [7, 11) is 0. The second-order valence-corrected chi connectivity index (χ2v) is 5.85. The van der Waals surface area contributed by atoms with Gasteiger partial charge in [-0.2, -0.15) is 0 Å². The lowest BCUT2D eigenvalue weighted by molar-refractivity contribution is -0.388. The number of nitrogen functional groups attached to an aromatic ring is 1. The van der Waals surface area contributed by atoms with Gasteiger partial charge in [-0.05, 0) is 6.07 Å². The molecule has 6 heteroatoms. The van der Waals surface area contributed by atoms with Gasteiger partial charge in [0.2, 0.25) is 0 Å². The maximum absolute atomic E-state index is 10.7. The highest BCUT2D eigenvalue weighted by molar-refractivity contribution is 8.00. The first-order valence-electron chi connectivity index (χ1n) is 4.39. The monoisotopic (exact) mass is 227 g/mol. The molecule has 82 valence electrons. The zero-order valence-electron chi connectivity index (χ0n) is 8.85. The second-order valence-electron chi connectivity index (χ2n) is 4.03. The molecular weight excluding hydrogens is 214 g/mol. The summed E-state index contributed by atoms with van der Waals surface area (Å²) in [6.07, 6.45) is 0. The molecule has 0 unspecified atom stereocenters. The lowest BCUT2D eigenvalue weighted by Gasteiger charge is -2.16. The third-order valence-electron chi connectivity index (χ3n) is 1.46. The summed E-state index contributed by atoms with van der Waals surface area (Å²) in [4.78, 5) is 14.3. The Bertz CT molecular complexity index is 387. The molecule has 0 aliphatic rings. The molecule has 1 heterocycles. The Kier molecular flexibility index (Phi) is 3.18. The van der Waals surface area contributed by atoms with Gasteiger partial charge in [0, 0.05) is 10.8 Å². The first-order valence-corrected chi connectivity index (χ1v) is 5.21. The topological polar surface area (TPSA) is 82.0 Å². The van der Waals surface area contributed by atoms with Crippen LogP contribution < -0.4 is 5.73 Å². The summed E-state index contributed by atoms with van der Waals surface area (Å²) in [5.41, 5.74) is 5.50. The van der Waals surface area contributed by atoms with Crippen LogP contribution in [0.15, 0.2) is 17.2 Å². The molecule has 0 spiro atoms. The van der Waals surface area contributed by atoms with Crippen molar-refractivity contribution in [1.82, 2.24) is 4.98 Å². The molecule has 0 bridgehead atoms. The fourth-order valence-electron chi connectivity index (χ4n) is 0.951. The van der Waals surface area contributed by atoms with Gasteiger partial charge in [-0.15, -0.1) is 0 Å². The van der Waals surface area contributed by atoms with Crippen molar-refractivity contribution < 1.29 is 4.92 Å². The van der Waals surface area contributed by atoms with Crippen molar-refractivity contribution in [2.45, 2.75) is 30.5 Å². The number of thioether (sulfide) groups is 1. The highest BCUT2D eigenvalue weighted by Crippen LogP contribution is 2.36. The van der Waals surface area contributed by atoms with E-state index in [9.17, 15) is 10.1 Å². The predicted octanol–water partition coefficient (Wildman–Crippen LogP) is 2.46. The number of hydrogen-bond donors (Lipinski definition) is 1. The SMILES string of the molecule is CC(C)(C)Sc1nc(N)ccc1[N+](=O)[O-]. The van der Waals surface area contributed by atoms with E-state index in [-0.39, 0.29) is 10.4 Å². The van der Waals surface area contributed by atoms with Crippen molar-refractivity contribution in [3.05, 3.63) is 22.2 Å². The number of pyridine rings is 1. The number of nitrogens with zero attached hydrogens (tertiary/aromatic N) is 2. The van der Waals surface area contributed by atoms with Crippen LogP contribution in [-0.4, -0.2) is 14.7 Å². The molecule has 0 fully saturated rings. The van der Waals surface area contributed by atoms with Gasteiger partial charge < -0.3 is 5.73 Å². The molecule has 0 aliphatic heterocycles. The largest absolute Gasteiger partial charge is 0.384 e. The highest BCUT2D eigenvalue weighted by Gasteiger charge is 2.22. The zero-order valence-corrected chi connectivity index (χ0v) is 9.67. The van der Waals surface area contributed by atoms with Crippen LogP contribution in [0.1, 0.15) is 20.8 Å². The van der Waals surface area contributed by atoms with Crippen LogP contribution in [0.4, 0.5) is 11.5 Å². The molecule has 0 aliphatic carbocycles. The Balaban J connectivity index is 3.13. The summed E-state index contributed by atoms with van der Waals surface area (Å²) in [6.45, 7) is 5.89. The zero-order chi connectivity index (χ0) is 11.6. The molecule has 0 saturated carbocycles. The highest BCUT2D eigenvalue weighted by atomic mass is 32.2. The van der Waals surface area contributed by atoms with Crippen molar-refractivity contribution in [1.29, 1.82) is 0 Å². The van der Waals surface area contributed by atoms with Gasteiger partial charge in [0.15, 0.2) is 5.03 Å². The molecule has 1 aromatic heterocycles.